The number of carboxylic acid groups (broad SMARTS) is 1. The fourth-order valence-electron chi connectivity index (χ4n) is 2.67. The van der Waals surface area contributed by atoms with Crippen molar-refractivity contribution in [1.29, 1.82) is 0 Å². The van der Waals surface area contributed by atoms with Crippen LogP contribution in [-0.2, 0) is 15.0 Å². The zero-order valence-corrected chi connectivity index (χ0v) is 13.3. The highest BCUT2D eigenvalue weighted by atomic mass is 16.4. The number of amides is 1. The second-order valence-electron chi connectivity index (χ2n) is 6.81. The lowest BCUT2D eigenvalue weighted by Gasteiger charge is -2.24. The number of hydrogen-bond acceptors (Lipinski definition) is 2. The van der Waals surface area contributed by atoms with Crippen LogP contribution in [0.15, 0.2) is 36.4 Å². The van der Waals surface area contributed by atoms with Crippen LogP contribution in [0.2, 0.25) is 0 Å². The summed E-state index contributed by atoms with van der Waals surface area (Å²) in [6.07, 6.45) is 4.60. The predicted molar refractivity (Wildman–Crippen MR) is 86.8 cm³/mol. The third kappa shape index (κ3) is 3.75. The van der Waals surface area contributed by atoms with Crippen LogP contribution in [0, 0.1) is 11.8 Å². The molecule has 1 aliphatic carbocycles. The molecular formula is C18H23NO3. The number of aliphatic carboxylic acids is 1. The molecule has 0 saturated carbocycles. The zero-order chi connectivity index (χ0) is 16.3. The van der Waals surface area contributed by atoms with Crippen LogP contribution in [0.1, 0.15) is 39.2 Å². The van der Waals surface area contributed by atoms with E-state index in [4.69, 9.17) is 0 Å². The third-order valence-electron chi connectivity index (χ3n) is 4.10. The number of rotatable bonds is 3. The molecule has 0 aromatic heterocycles. The summed E-state index contributed by atoms with van der Waals surface area (Å²) in [6.45, 7) is 6.39. The Bertz CT molecular complexity index is 581. The smallest absolute Gasteiger partial charge is 0.307 e. The molecule has 4 nitrogen and oxygen atoms in total. The quantitative estimate of drug-likeness (QED) is 0.838. The van der Waals surface area contributed by atoms with Gasteiger partial charge in [-0.15, -0.1) is 0 Å². The van der Waals surface area contributed by atoms with Crippen molar-refractivity contribution in [2.45, 2.75) is 39.0 Å². The van der Waals surface area contributed by atoms with Gasteiger partial charge in [-0.1, -0.05) is 45.1 Å². The van der Waals surface area contributed by atoms with Gasteiger partial charge in [-0.05, 0) is 36.0 Å². The monoisotopic (exact) mass is 301 g/mol. The summed E-state index contributed by atoms with van der Waals surface area (Å²) in [4.78, 5) is 23.6. The van der Waals surface area contributed by atoms with Gasteiger partial charge in [-0.2, -0.15) is 0 Å². The summed E-state index contributed by atoms with van der Waals surface area (Å²) in [5.74, 6) is -2.28. The molecule has 1 aromatic carbocycles. The Hall–Kier alpha value is -2.10. The van der Waals surface area contributed by atoms with Gasteiger partial charge in [-0.3, -0.25) is 9.59 Å². The van der Waals surface area contributed by atoms with Crippen LogP contribution in [0.5, 0.6) is 0 Å². The first kappa shape index (κ1) is 16.3. The largest absolute Gasteiger partial charge is 0.481 e. The third-order valence-corrected chi connectivity index (χ3v) is 4.10. The van der Waals surface area contributed by atoms with Crippen molar-refractivity contribution < 1.29 is 14.7 Å². The summed E-state index contributed by atoms with van der Waals surface area (Å²) >= 11 is 0. The molecule has 118 valence electrons. The first-order valence-electron chi connectivity index (χ1n) is 7.58. The molecular weight excluding hydrogens is 278 g/mol. The Morgan fingerprint density at radius 1 is 1.05 bits per heavy atom. The first-order valence-corrected chi connectivity index (χ1v) is 7.58. The molecule has 2 atom stereocenters. The van der Waals surface area contributed by atoms with Crippen molar-refractivity contribution in [2.75, 3.05) is 5.32 Å². The predicted octanol–water partition coefficient (Wildman–Crippen LogP) is 3.59. The maximum atomic E-state index is 12.4. The maximum Gasteiger partial charge on any atom is 0.307 e. The van der Waals surface area contributed by atoms with E-state index in [0.717, 1.165) is 0 Å². The van der Waals surface area contributed by atoms with Crippen LogP contribution in [0.3, 0.4) is 0 Å². The topological polar surface area (TPSA) is 66.4 Å². The minimum Gasteiger partial charge on any atom is -0.481 e. The number of carbonyl (C=O) groups is 2. The Balaban J connectivity index is 2.08. The summed E-state index contributed by atoms with van der Waals surface area (Å²) in [6, 6.07) is 7.72. The minimum atomic E-state index is -0.910. The summed E-state index contributed by atoms with van der Waals surface area (Å²) in [5, 5.41) is 12.1. The fourth-order valence-corrected chi connectivity index (χ4v) is 2.67. The average Bonchev–Trinajstić information content (AvgIpc) is 2.46. The molecule has 22 heavy (non-hydrogen) atoms. The molecule has 4 heteroatoms. The lowest BCUT2D eigenvalue weighted by atomic mass is 9.82. The molecule has 1 amide bonds. The standard InChI is InChI=1S/C18H23NO3/c1-18(2,3)12-8-10-13(11-9-12)19-16(20)14-6-4-5-7-15(14)17(21)22/h4-5,8-11,14-15H,6-7H2,1-3H3,(H,19,20)(H,21,22)/t14-,15+/m1/s1. The van der Waals surface area contributed by atoms with E-state index in [1.807, 2.05) is 36.4 Å². The Morgan fingerprint density at radius 3 is 2.09 bits per heavy atom. The molecule has 0 heterocycles. The Morgan fingerprint density at radius 2 is 1.59 bits per heavy atom. The van der Waals surface area contributed by atoms with Crippen molar-refractivity contribution in [3.63, 3.8) is 0 Å². The van der Waals surface area contributed by atoms with E-state index in [9.17, 15) is 14.7 Å². The zero-order valence-electron chi connectivity index (χ0n) is 13.3. The van der Waals surface area contributed by atoms with Gasteiger partial charge in [0.15, 0.2) is 0 Å². The summed E-state index contributed by atoms with van der Waals surface area (Å²) in [5.41, 5.74) is 1.96. The SMILES string of the molecule is CC(C)(C)c1ccc(NC(=O)[C@@H]2CC=CC[C@@H]2C(=O)O)cc1. The van der Waals surface area contributed by atoms with Crippen molar-refractivity contribution in [1.82, 2.24) is 0 Å². The van der Waals surface area contributed by atoms with E-state index in [0.29, 0.717) is 18.5 Å². The molecule has 2 rings (SSSR count). The Labute approximate surface area is 131 Å². The lowest BCUT2D eigenvalue weighted by Crippen LogP contribution is -2.34. The Kier molecular flexibility index (Phi) is 4.69. The van der Waals surface area contributed by atoms with E-state index in [2.05, 4.69) is 26.1 Å². The minimum absolute atomic E-state index is 0.0606. The van der Waals surface area contributed by atoms with E-state index >= 15 is 0 Å². The van der Waals surface area contributed by atoms with Crippen LogP contribution < -0.4 is 5.32 Å². The highest BCUT2D eigenvalue weighted by Crippen LogP contribution is 2.28. The molecule has 0 unspecified atom stereocenters. The van der Waals surface area contributed by atoms with Gasteiger partial charge in [0, 0.05) is 5.69 Å². The van der Waals surface area contributed by atoms with Crippen LogP contribution in [-0.4, -0.2) is 17.0 Å². The maximum absolute atomic E-state index is 12.4. The van der Waals surface area contributed by atoms with E-state index in [1.165, 1.54) is 5.56 Å². The lowest BCUT2D eigenvalue weighted by molar-refractivity contribution is -0.146. The van der Waals surface area contributed by atoms with Gasteiger partial charge in [0.05, 0.1) is 11.8 Å². The van der Waals surface area contributed by atoms with E-state index in [-0.39, 0.29) is 11.3 Å². The number of allylic oxidation sites excluding steroid dienone is 2. The molecule has 0 saturated heterocycles. The van der Waals surface area contributed by atoms with Gasteiger partial charge in [0.2, 0.25) is 5.91 Å². The molecule has 1 aliphatic rings. The van der Waals surface area contributed by atoms with Crippen molar-refractivity contribution in [3.8, 4) is 0 Å². The number of carbonyl (C=O) groups excluding carboxylic acids is 1. The summed E-state index contributed by atoms with van der Waals surface area (Å²) < 4.78 is 0. The van der Waals surface area contributed by atoms with Gasteiger partial charge >= 0.3 is 5.97 Å². The number of carboxylic acids is 1. The highest BCUT2D eigenvalue weighted by Gasteiger charge is 2.33. The van der Waals surface area contributed by atoms with E-state index in [1.54, 1.807) is 0 Å². The van der Waals surface area contributed by atoms with Gasteiger partial charge in [0.25, 0.3) is 0 Å². The van der Waals surface area contributed by atoms with Crippen LogP contribution >= 0.6 is 0 Å². The fraction of sp³-hybridized carbons (Fsp3) is 0.444. The molecule has 1 aromatic rings. The first-order chi connectivity index (χ1) is 10.3. The van der Waals surface area contributed by atoms with Crippen molar-refractivity contribution in [3.05, 3.63) is 42.0 Å². The van der Waals surface area contributed by atoms with Crippen LogP contribution in [0.4, 0.5) is 5.69 Å². The molecule has 0 fully saturated rings. The van der Waals surface area contributed by atoms with Gasteiger partial charge < -0.3 is 10.4 Å². The van der Waals surface area contributed by atoms with Crippen LogP contribution in [0.25, 0.3) is 0 Å². The molecule has 0 spiro atoms. The number of benzene rings is 1. The average molecular weight is 301 g/mol. The summed E-state index contributed by atoms with van der Waals surface area (Å²) in [7, 11) is 0. The number of anilines is 1. The molecule has 0 aliphatic heterocycles. The normalized spacial score (nSPS) is 21.4. The molecule has 2 N–H and O–H groups in total. The second kappa shape index (κ2) is 6.34. The molecule has 0 bridgehead atoms. The number of nitrogens with one attached hydrogen (secondary N) is 1. The van der Waals surface area contributed by atoms with Gasteiger partial charge in [-0.25, -0.2) is 0 Å². The number of hydrogen-bond donors (Lipinski definition) is 2. The molecule has 0 radical (unpaired) electrons. The van der Waals surface area contributed by atoms with Gasteiger partial charge in [0.1, 0.15) is 0 Å². The second-order valence-corrected chi connectivity index (χ2v) is 6.81. The van der Waals surface area contributed by atoms with Crippen molar-refractivity contribution in [2.24, 2.45) is 11.8 Å². The van der Waals surface area contributed by atoms with Crippen molar-refractivity contribution >= 4 is 17.6 Å². The highest BCUT2D eigenvalue weighted by molar-refractivity contribution is 5.95. The van der Waals surface area contributed by atoms with E-state index < -0.39 is 17.8 Å².